The van der Waals surface area contributed by atoms with Gasteiger partial charge in [-0.1, -0.05) is 19.0 Å². The molecular formula is C18H26N4O4. The largest absolute Gasteiger partial charge is 0.468 e. The smallest absolute Gasteiger partial charge is 0.316 e. The van der Waals surface area contributed by atoms with Crippen LogP contribution in [0.1, 0.15) is 50.1 Å². The molecule has 3 rings (SSSR count). The molecule has 8 nitrogen and oxygen atoms in total. The molecule has 1 unspecified atom stereocenters. The Balaban J connectivity index is 1.65. The SMILES string of the molecule is COC(=O)C(c1cc(N2CCC(n3cnc(CO)c3)CC2)no1)C(C)C. The van der Waals surface area contributed by atoms with Crippen LogP contribution in [0.25, 0.3) is 0 Å². The number of rotatable bonds is 6. The Morgan fingerprint density at radius 3 is 2.73 bits per heavy atom. The predicted octanol–water partition coefficient (Wildman–Crippen LogP) is 2.12. The van der Waals surface area contributed by atoms with Gasteiger partial charge in [0.2, 0.25) is 0 Å². The van der Waals surface area contributed by atoms with Gasteiger partial charge in [0.05, 0.1) is 25.7 Å². The molecule has 0 saturated carbocycles. The van der Waals surface area contributed by atoms with Gasteiger partial charge in [-0.2, -0.15) is 0 Å². The number of imidazole rings is 1. The highest BCUT2D eigenvalue weighted by Gasteiger charge is 2.30. The molecule has 0 amide bonds. The number of carbonyl (C=O) groups excluding carboxylic acids is 1. The van der Waals surface area contributed by atoms with Gasteiger partial charge in [-0.25, -0.2) is 4.98 Å². The van der Waals surface area contributed by atoms with Crippen molar-refractivity contribution in [2.24, 2.45) is 5.92 Å². The van der Waals surface area contributed by atoms with E-state index in [1.165, 1.54) is 7.11 Å². The van der Waals surface area contributed by atoms with Crippen LogP contribution in [0.5, 0.6) is 0 Å². The fourth-order valence-corrected chi connectivity index (χ4v) is 3.47. The van der Waals surface area contributed by atoms with Gasteiger partial charge in [0.25, 0.3) is 0 Å². The Kier molecular flexibility index (Phi) is 5.61. The first-order valence-corrected chi connectivity index (χ1v) is 8.96. The van der Waals surface area contributed by atoms with E-state index >= 15 is 0 Å². The van der Waals surface area contributed by atoms with Crippen LogP contribution in [-0.4, -0.2) is 46.0 Å². The molecule has 26 heavy (non-hydrogen) atoms. The summed E-state index contributed by atoms with van der Waals surface area (Å²) < 4.78 is 12.4. The highest BCUT2D eigenvalue weighted by Crippen LogP contribution is 2.31. The number of aromatic nitrogens is 3. The second kappa shape index (κ2) is 7.90. The lowest BCUT2D eigenvalue weighted by Gasteiger charge is -2.32. The number of esters is 1. The third-order valence-corrected chi connectivity index (χ3v) is 4.97. The summed E-state index contributed by atoms with van der Waals surface area (Å²) in [6.45, 7) is 5.56. The lowest BCUT2D eigenvalue weighted by Crippen LogP contribution is -2.34. The number of piperidine rings is 1. The number of aliphatic hydroxyl groups excluding tert-OH is 1. The molecule has 0 radical (unpaired) electrons. The van der Waals surface area contributed by atoms with Crippen molar-refractivity contribution in [2.45, 2.75) is 45.3 Å². The van der Waals surface area contributed by atoms with Crippen molar-refractivity contribution in [1.29, 1.82) is 0 Å². The highest BCUT2D eigenvalue weighted by atomic mass is 16.5. The molecular weight excluding hydrogens is 336 g/mol. The molecule has 1 atom stereocenters. The third-order valence-electron chi connectivity index (χ3n) is 4.97. The van der Waals surface area contributed by atoms with Gasteiger partial charge < -0.3 is 23.8 Å². The van der Waals surface area contributed by atoms with Gasteiger partial charge in [0.1, 0.15) is 5.92 Å². The molecule has 1 saturated heterocycles. The normalized spacial score (nSPS) is 16.9. The average Bonchev–Trinajstić information content (AvgIpc) is 3.31. The van der Waals surface area contributed by atoms with E-state index in [1.807, 2.05) is 26.1 Å². The van der Waals surface area contributed by atoms with E-state index in [4.69, 9.17) is 14.4 Å². The van der Waals surface area contributed by atoms with Crippen molar-refractivity contribution in [1.82, 2.24) is 14.7 Å². The summed E-state index contributed by atoms with van der Waals surface area (Å²) in [4.78, 5) is 18.4. The van der Waals surface area contributed by atoms with Crippen molar-refractivity contribution < 1.29 is 19.2 Å². The molecule has 3 heterocycles. The fraction of sp³-hybridized carbons (Fsp3) is 0.611. The number of methoxy groups -OCH3 is 1. The van der Waals surface area contributed by atoms with Gasteiger partial charge in [-0.15, -0.1) is 0 Å². The highest BCUT2D eigenvalue weighted by molar-refractivity contribution is 5.77. The van der Waals surface area contributed by atoms with Gasteiger partial charge in [-0.05, 0) is 18.8 Å². The molecule has 1 N–H and O–H groups in total. The first-order chi connectivity index (χ1) is 12.5. The number of hydrogen-bond acceptors (Lipinski definition) is 7. The summed E-state index contributed by atoms with van der Waals surface area (Å²) >= 11 is 0. The summed E-state index contributed by atoms with van der Waals surface area (Å²) in [5.41, 5.74) is 0.691. The zero-order valence-electron chi connectivity index (χ0n) is 15.5. The lowest BCUT2D eigenvalue weighted by molar-refractivity contribution is -0.144. The standard InChI is InChI=1S/C18H26N4O4/c1-12(2)17(18(24)25-3)15-8-16(20-26-15)21-6-4-14(5-7-21)22-9-13(10-23)19-11-22/h8-9,11-12,14,17,23H,4-7,10H2,1-3H3. The van der Waals surface area contributed by atoms with E-state index in [0.29, 0.717) is 17.5 Å². The Labute approximate surface area is 152 Å². The van der Waals surface area contributed by atoms with Crippen molar-refractivity contribution in [2.75, 3.05) is 25.1 Å². The maximum atomic E-state index is 12.0. The second-order valence-corrected chi connectivity index (χ2v) is 7.02. The Hall–Kier alpha value is -2.35. The minimum absolute atomic E-state index is 0.0369. The average molecular weight is 362 g/mol. The lowest BCUT2D eigenvalue weighted by atomic mass is 9.93. The summed E-state index contributed by atoms with van der Waals surface area (Å²) in [5.74, 6) is 0.625. The molecule has 1 aliphatic rings. The van der Waals surface area contributed by atoms with E-state index in [9.17, 15) is 4.79 Å². The first-order valence-electron chi connectivity index (χ1n) is 8.96. The number of ether oxygens (including phenoxy) is 1. The molecule has 0 spiro atoms. The number of hydrogen-bond donors (Lipinski definition) is 1. The van der Waals surface area contributed by atoms with Crippen LogP contribution >= 0.6 is 0 Å². The topological polar surface area (TPSA) is 93.6 Å². The monoisotopic (exact) mass is 362 g/mol. The first kappa shape index (κ1) is 18.4. The quantitative estimate of drug-likeness (QED) is 0.787. The van der Waals surface area contributed by atoms with Crippen LogP contribution in [0.3, 0.4) is 0 Å². The van der Waals surface area contributed by atoms with Crippen molar-refractivity contribution >= 4 is 11.8 Å². The van der Waals surface area contributed by atoms with E-state index < -0.39 is 5.92 Å². The Bertz CT molecular complexity index is 731. The zero-order chi connectivity index (χ0) is 18.7. The molecule has 2 aromatic heterocycles. The Morgan fingerprint density at radius 2 is 2.15 bits per heavy atom. The van der Waals surface area contributed by atoms with E-state index in [2.05, 4.69) is 19.6 Å². The van der Waals surface area contributed by atoms with Crippen LogP contribution in [0.2, 0.25) is 0 Å². The summed E-state index contributed by atoms with van der Waals surface area (Å²) in [6, 6.07) is 2.21. The Morgan fingerprint density at radius 1 is 1.42 bits per heavy atom. The molecule has 1 fully saturated rings. The van der Waals surface area contributed by atoms with Crippen LogP contribution in [0.15, 0.2) is 23.1 Å². The number of anilines is 1. The van der Waals surface area contributed by atoms with Crippen LogP contribution < -0.4 is 4.90 Å². The minimum atomic E-state index is -0.443. The number of nitrogens with zero attached hydrogens (tertiary/aromatic N) is 4. The maximum absolute atomic E-state index is 12.0. The third kappa shape index (κ3) is 3.75. The van der Waals surface area contributed by atoms with E-state index in [1.54, 1.807) is 6.33 Å². The summed E-state index contributed by atoms with van der Waals surface area (Å²) in [5, 5.41) is 13.3. The fourth-order valence-electron chi connectivity index (χ4n) is 3.47. The minimum Gasteiger partial charge on any atom is -0.468 e. The molecule has 0 bridgehead atoms. The maximum Gasteiger partial charge on any atom is 0.316 e. The molecule has 0 aliphatic carbocycles. The molecule has 1 aliphatic heterocycles. The molecule has 8 heteroatoms. The number of carbonyl (C=O) groups is 1. The van der Waals surface area contributed by atoms with Gasteiger partial charge in [0.15, 0.2) is 11.6 Å². The van der Waals surface area contributed by atoms with Crippen molar-refractivity contribution in [3.05, 3.63) is 30.0 Å². The van der Waals surface area contributed by atoms with Gasteiger partial charge >= 0.3 is 5.97 Å². The van der Waals surface area contributed by atoms with Gasteiger partial charge in [-0.3, -0.25) is 4.79 Å². The van der Waals surface area contributed by atoms with Gasteiger partial charge in [0, 0.05) is 31.4 Å². The van der Waals surface area contributed by atoms with Crippen LogP contribution in [0.4, 0.5) is 5.82 Å². The summed E-state index contributed by atoms with van der Waals surface area (Å²) in [7, 11) is 1.39. The zero-order valence-corrected chi connectivity index (χ0v) is 15.5. The van der Waals surface area contributed by atoms with Crippen molar-refractivity contribution in [3.8, 4) is 0 Å². The predicted molar refractivity (Wildman–Crippen MR) is 94.7 cm³/mol. The van der Waals surface area contributed by atoms with Crippen LogP contribution in [-0.2, 0) is 16.1 Å². The second-order valence-electron chi connectivity index (χ2n) is 7.02. The van der Waals surface area contributed by atoms with Crippen molar-refractivity contribution in [3.63, 3.8) is 0 Å². The molecule has 2 aromatic rings. The van der Waals surface area contributed by atoms with E-state index in [-0.39, 0.29) is 18.5 Å². The van der Waals surface area contributed by atoms with Crippen LogP contribution in [0, 0.1) is 5.92 Å². The number of aliphatic hydroxyl groups is 1. The summed E-state index contributed by atoms with van der Waals surface area (Å²) in [6.07, 6.45) is 5.59. The van der Waals surface area contributed by atoms with E-state index in [0.717, 1.165) is 31.7 Å². The molecule has 0 aromatic carbocycles. The molecule has 142 valence electrons.